The molecule has 1 unspecified atom stereocenters. The number of ether oxygens (including phenoxy) is 1. The average Bonchev–Trinajstić information content (AvgIpc) is 1.62. The Hall–Kier alpha value is -0.640. The van der Waals surface area contributed by atoms with Crippen LogP contribution in [0.25, 0.3) is 0 Å². The SMILES string of the molecule is COC(=O)C(C)(N)F. The van der Waals surface area contributed by atoms with Gasteiger partial charge in [0.05, 0.1) is 7.11 Å². The van der Waals surface area contributed by atoms with Gasteiger partial charge in [-0.2, -0.15) is 0 Å². The fourth-order valence-electron chi connectivity index (χ4n) is 0.200. The summed E-state index contributed by atoms with van der Waals surface area (Å²) in [6.45, 7) is 0.929. The molecule has 0 heterocycles. The number of hydrogen-bond acceptors (Lipinski definition) is 3. The number of rotatable bonds is 1. The number of nitrogens with two attached hydrogens (primary N) is 1. The van der Waals surface area contributed by atoms with E-state index in [1.807, 2.05) is 0 Å². The van der Waals surface area contributed by atoms with Gasteiger partial charge in [-0.05, 0) is 6.92 Å². The van der Waals surface area contributed by atoms with Gasteiger partial charge in [-0.25, -0.2) is 9.18 Å². The van der Waals surface area contributed by atoms with Crippen molar-refractivity contribution in [2.75, 3.05) is 7.11 Å². The van der Waals surface area contributed by atoms with E-state index >= 15 is 0 Å². The lowest BCUT2D eigenvalue weighted by molar-refractivity contribution is -0.153. The van der Waals surface area contributed by atoms with Crippen molar-refractivity contribution in [3.63, 3.8) is 0 Å². The zero-order chi connectivity index (χ0) is 6.78. The Kier molecular flexibility index (Phi) is 1.92. The number of esters is 1. The van der Waals surface area contributed by atoms with Gasteiger partial charge in [-0.3, -0.25) is 5.73 Å². The molecule has 0 aliphatic rings. The van der Waals surface area contributed by atoms with Crippen LogP contribution < -0.4 is 5.73 Å². The second-order valence-electron chi connectivity index (χ2n) is 1.57. The molecular weight excluding hydrogens is 113 g/mol. The predicted octanol–water partition coefficient (Wildman–Crippen LogP) is -0.196. The lowest BCUT2D eigenvalue weighted by Crippen LogP contribution is -2.40. The summed E-state index contributed by atoms with van der Waals surface area (Å²) in [5, 5.41) is 0. The molecule has 0 aromatic carbocycles. The van der Waals surface area contributed by atoms with Crippen LogP contribution in [0.5, 0.6) is 0 Å². The highest BCUT2D eigenvalue weighted by Crippen LogP contribution is 2.00. The Morgan fingerprint density at radius 1 is 1.88 bits per heavy atom. The van der Waals surface area contributed by atoms with Crippen molar-refractivity contribution in [2.24, 2.45) is 5.73 Å². The Morgan fingerprint density at radius 3 is 2.25 bits per heavy atom. The molecule has 0 aromatic rings. The van der Waals surface area contributed by atoms with E-state index in [2.05, 4.69) is 10.5 Å². The van der Waals surface area contributed by atoms with Crippen LogP contribution in [-0.2, 0) is 9.53 Å². The minimum Gasteiger partial charge on any atom is -0.466 e. The summed E-state index contributed by atoms with van der Waals surface area (Å²) in [6, 6.07) is 0. The van der Waals surface area contributed by atoms with Crippen molar-refractivity contribution in [2.45, 2.75) is 12.7 Å². The van der Waals surface area contributed by atoms with Gasteiger partial charge in [-0.15, -0.1) is 0 Å². The molecule has 48 valence electrons. The maximum absolute atomic E-state index is 12.1. The molecule has 1 atom stereocenters. The molecule has 0 aliphatic carbocycles. The van der Waals surface area contributed by atoms with Gasteiger partial charge in [0.1, 0.15) is 0 Å². The highest BCUT2D eigenvalue weighted by molar-refractivity contribution is 5.77. The lowest BCUT2D eigenvalue weighted by atomic mass is 10.3. The van der Waals surface area contributed by atoms with Crippen LogP contribution in [-0.4, -0.2) is 18.9 Å². The van der Waals surface area contributed by atoms with Gasteiger partial charge in [0.25, 0.3) is 5.79 Å². The van der Waals surface area contributed by atoms with Crippen LogP contribution in [0.2, 0.25) is 0 Å². The van der Waals surface area contributed by atoms with Gasteiger partial charge in [0, 0.05) is 0 Å². The van der Waals surface area contributed by atoms with E-state index < -0.39 is 11.8 Å². The molecule has 0 rings (SSSR count). The molecule has 4 heteroatoms. The maximum Gasteiger partial charge on any atom is 0.358 e. The van der Waals surface area contributed by atoms with Gasteiger partial charge in [0.2, 0.25) is 0 Å². The predicted molar refractivity (Wildman–Crippen MR) is 25.7 cm³/mol. The van der Waals surface area contributed by atoms with E-state index in [9.17, 15) is 9.18 Å². The topological polar surface area (TPSA) is 52.3 Å². The van der Waals surface area contributed by atoms with Crippen LogP contribution >= 0.6 is 0 Å². The van der Waals surface area contributed by atoms with Gasteiger partial charge < -0.3 is 4.74 Å². The highest BCUT2D eigenvalue weighted by atomic mass is 19.1. The molecule has 0 radical (unpaired) electrons. The van der Waals surface area contributed by atoms with Gasteiger partial charge in [-0.1, -0.05) is 0 Å². The molecule has 0 amide bonds. The van der Waals surface area contributed by atoms with E-state index in [-0.39, 0.29) is 0 Å². The molecule has 0 spiro atoms. The van der Waals surface area contributed by atoms with Crippen molar-refractivity contribution in [1.82, 2.24) is 0 Å². The van der Waals surface area contributed by atoms with Crippen molar-refractivity contribution in [3.8, 4) is 0 Å². The zero-order valence-electron chi connectivity index (χ0n) is 4.77. The molecule has 0 aliphatic heterocycles. The maximum atomic E-state index is 12.1. The monoisotopic (exact) mass is 121 g/mol. The van der Waals surface area contributed by atoms with Gasteiger partial charge in [0.15, 0.2) is 0 Å². The normalized spacial score (nSPS) is 17.0. The molecule has 0 saturated heterocycles. The van der Waals surface area contributed by atoms with E-state index in [4.69, 9.17) is 0 Å². The second kappa shape index (κ2) is 2.09. The molecular formula is C4H8FNO2. The molecule has 8 heavy (non-hydrogen) atoms. The van der Waals surface area contributed by atoms with Crippen LogP contribution in [0.4, 0.5) is 4.39 Å². The smallest absolute Gasteiger partial charge is 0.358 e. The first-order chi connectivity index (χ1) is 3.48. The number of halogens is 1. The summed E-state index contributed by atoms with van der Waals surface area (Å²) in [5.41, 5.74) is 4.65. The number of carbonyl (C=O) groups excluding carboxylic acids is 1. The van der Waals surface area contributed by atoms with Crippen LogP contribution in [0, 0.1) is 0 Å². The third-order valence-electron chi connectivity index (χ3n) is 0.585. The Balaban J connectivity index is 3.82. The third kappa shape index (κ3) is 1.88. The molecule has 3 nitrogen and oxygen atoms in total. The number of alkyl halides is 1. The summed E-state index contributed by atoms with van der Waals surface area (Å²) < 4.78 is 16.1. The van der Waals surface area contributed by atoms with Crippen molar-refractivity contribution < 1.29 is 13.9 Å². The zero-order valence-corrected chi connectivity index (χ0v) is 4.77. The lowest BCUT2D eigenvalue weighted by Gasteiger charge is -2.08. The van der Waals surface area contributed by atoms with Crippen molar-refractivity contribution in [3.05, 3.63) is 0 Å². The Labute approximate surface area is 46.6 Å². The molecule has 0 fully saturated rings. The number of carbonyl (C=O) groups is 1. The number of hydrogen-bond donors (Lipinski definition) is 1. The minimum atomic E-state index is -2.35. The van der Waals surface area contributed by atoms with E-state index in [0.717, 1.165) is 14.0 Å². The Bertz CT molecular complexity index is 96.7. The standard InChI is InChI=1S/C4H8FNO2/c1-4(5,6)3(7)8-2/h6H2,1-2H3. The number of methoxy groups -OCH3 is 1. The van der Waals surface area contributed by atoms with Gasteiger partial charge >= 0.3 is 5.97 Å². The molecule has 0 aromatic heterocycles. The van der Waals surface area contributed by atoms with Crippen molar-refractivity contribution >= 4 is 5.97 Å². The van der Waals surface area contributed by atoms with Crippen LogP contribution in [0.1, 0.15) is 6.92 Å². The quantitative estimate of drug-likeness (QED) is 0.386. The van der Waals surface area contributed by atoms with E-state index in [0.29, 0.717) is 0 Å². The second-order valence-corrected chi connectivity index (χ2v) is 1.57. The van der Waals surface area contributed by atoms with E-state index in [1.54, 1.807) is 0 Å². The minimum absolute atomic E-state index is 0.929. The highest BCUT2D eigenvalue weighted by Gasteiger charge is 2.27. The van der Waals surface area contributed by atoms with Crippen molar-refractivity contribution in [1.29, 1.82) is 0 Å². The summed E-state index contributed by atoms with van der Waals surface area (Å²) in [7, 11) is 1.08. The first-order valence-electron chi connectivity index (χ1n) is 2.04. The molecule has 0 bridgehead atoms. The average molecular weight is 121 g/mol. The largest absolute Gasteiger partial charge is 0.466 e. The van der Waals surface area contributed by atoms with E-state index in [1.165, 1.54) is 0 Å². The Morgan fingerprint density at radius 2 is 2.25 bits per heavy atom. The molecule has 0 saturated carbocycles. The summed E-state index contributed by atoms with van der Waals surface area (Å²) >= 11 is 0. The fraction of sp³-hybridized carbons (Fsp3) is 0.750. The summed E-state index contributed by atoms with van der Waals surface area (Å²) in [4.78, 5) is 10.1. The molecule has 2 N–H and O–H groups in total. The third-order valence-corrected chi connectivity index (χ3v) is 0.585. The summed E-state index contributed by atoms with van der Waals surface area (Å²) in [5.74, 6) is -3.41. The fourth-order valence-corrected chi connectivity index (χ4v) is 0.200. The first-order valence-corrected chi connectivity index (χ1v) is 2.04. The first kappa shape index (κ1) is 7.36. The van der Waals surface area contributed by atoms with Crippen LogP contribution in [0.15, 0.2) is 0 Å². The summed E-state index contributed by atoms with van der Waals surface area (Å²) in [6.07, 6.45) is 0. The van der Waals surface area contributed by atoms with Crippen LogP contribution in [0.3, 0.4) is 0 Å².